The molecule has 0 aliphatic heterocycles. The first-order valence-electron chi connectivity index (χ1n) is 12.8. The van der Waals surface area contributed by atoms with Crippen LogP contribution in [0, 0.1) is 0 Å². The molecule has 0 N–H and O–H groups in total. The summed E-state index contributed by atoms with van der Waals surface area (Å²) in [6, 6.07) is 29.0. The van der Waals surface area contributed by atoms with Crippen LogP contribution in [0.2, 0.25) is 5.04 Å². The second-order valence-corrected chi connectivity index (χ2v) is 18.2. The Bertz CT molecular complexity index is 1370. The molecule has 0 aliphatic carbocycles. The van der Waals surface area contributed by atoms with Crippen molar-refractivity contribution in [2.24, 2.45) is 0 Å². The van der Waals surface area contributed by atoms with E-state index in [4.69, 9.17) is 17.5 Å². The van der Waals surface area contributed by atoms with Crippen LogP contribution in [0.3, 0.4) is 0 Å². The molecule has 0 saturated carbocycles. The lowest BCUT2D eigenvalue weighted by molar-refractivity contribution is -0.0663. The van der Waals surface area contributed by atoms with Crippen LogP contribution < -0.4 is 10.4 Å². The predicted octanol–water partition coefficient (Wildman–Crippen LogP) is 3.47. The van der Waals surface area contributed by atoms with Gasteiger partial charge in [0.1, 0.15) is 12.2 Å². The van der Waals surface area contributed by atoms with Crippen LogP contribution in [0.25, 0.3) is 0 Å². The molecule has 218 valence electrons. The van der Waals surface area contributed by atoms with Gasteiger partial charge in [0.05, 0.1) is 32.3 Å². The molecule has 0 heterocycles. The molecule has 3 aromatic rings. The van der Waals surface area contributed by atoms with Crippen molar-refractivity contribution in [3.63, 3.8) is 0 Å². The van der Waals surface area contributed by atoms with Crippen molar-refractivity contribution >= 4 is 38.9 Å². The largest absolute Gasteiger partial charge is 0.405 e. The molecule has 0 aliphatic rings. The minimum absolute atomic E-state index is 0.0848. The van der Waals surface area contributed by atoms with Gasteiger partial charge in [-0.25, -0.2) is 0 Å². The monoisotopic (exact) mass is 606 g/mol. The summed E-state index contributed by atoms with van der Waals surface area (Å²) in [6.45, 7) is 5.75. The molecule has 0 spiro atoms. The van der Waals surface area contributed by atoms with Crippen LogP contribution >= 0.6 is 0 Å². The van der Waals surface area contributed by atoms with Gasteiger partial charge in [-0.05, 0) is 21.0 Å². The van der Waals surface area contributed by atoms with E-state index in [1.807, 2.05) is 91.0 Å². The summed E-state index contributed by atoms with van der Waals surface area (Å²) >= 11 is 0. The van der Waals surface area contributed by atoms with E-state index in [1.54, 1.807) is 0 Å². The first kappa shape index (κ1) is 32.1. The Morgan fingerprint density at radius 2 is 1.15 bits per heavy atom. The highest BCUT2D eigenvalue weighted by atomic mass is 32.2. The average molecular weight is 607 g/mol. The van der Waals surface area contributed by atoms with Crippen molar-refractivity contribution < 1.29 is 34.4 Å². The minimum atomic E-state index is -3.99. The third kappa shape index (κ3) is 9.07. The van der Waals surface area contributed by atoms with Gasteiger partial charge < -0.3 is 9.16 Å². The second kappa shape index (κ2) is 13.5. The van der Waals surface area contributed by atoms with E-state index in [0.717, 1.165) is 28.4 Å². The third-order valence-corrected chi connectivity index (χ3v) is 12.5. The van der Waals surface area contributed by atoms with Gasteiger partial charge in [0.2, 0.25) is 0 Å². The Balaban J connectivity index is 2.05. The Morgan fingerprint density at radius 3 is 1.57 bits per heavy atom. The fourth-order valence-electron chi connectivity index (χ4n) is 4.62. The van der Waals surface area contributed by atoms with Gasteiger partial charge in [0.15, 0.2) is 0 Å². The zero-order valence-corrected chi connectivity index (χ0v) is 26.2. The van der Waals surface area contributed by atoms with Crippen LogP contribution in [0.4, 0.5) is 0 Å². The van der Waals surface area contributed by atoms with Crippen molar-refractivity contribution in [2.75, 3.05) is 25.7 Å². The minimum Gasteiger partial charge on any atom is -0.405 e. The Kier molecular flexibility index (Phi) is 10.9. The molecular formula is C29H38O8S2Si. The highest BCUT2D eigenvalue weighted by Gasteiger charge is 2.51. The molecule has 0 aromatic heterocycles. The van der Waals surface area contributed by atoms with Gasteiger partial charge in [-0.3, -0.25) is 8.37 Å². The summed E-state index contributed by atoms with van der Waals surface area (Å²) < 4.78 is 72.1. The van der Waals surface area contributed by atoms with Gasteiger partial charge in [-0.2, -0.15) is 16.8 Å². The molecule has 3 aromatic carbocycles. The van der Waals surface area contributed by atoms with Crippen LogP contribution in [-0.4, -0.2) is 63.1 Å². The topological polar surface area (TPSA) is 105 Å². The lowest BCUT2D eigenvalue weighted by atomic mass is 10.2. The molecule has 8 nitrogen and oxygen atoms in total. The van der Waals surface area contributed by atoms with Gasteiger partial charge in [-0.1, -0.05) is 112 Å². The SMILES string of the molecule is CC(C)(C)[Si](OCC(OS(C)(=O)=O)C(COS(C)(=O)=O)OCc1ccccc1)(c1ccccc1)c1ccccc1. The summed E-state index contributed by atoms with van der Waals surface area (Å²) in [7, 11) is -10.9. The smallest absolute Gasteiger partial charge is 0.264 e. The molecule has 0 saturated heterocycles. The van der Waals surface area contributed by atoms with Gasteiger partial charge in [0.25, 0.3) is 28.6 Å². The number of benzene rings is 3. The maximum absolute atomic E-state index is 12.4. The van der Waals surface area contributed by atoms with Gasteiger partial charge in [-0.15, -0.1) is 0 Å². The summed E-state index contributed by atoms with van der Waals surface area (Å²) in [5.74, 6) is 0. The highest BCUT2D eigenvalue weighted by molar-refractivity contribution is 7.86. The Labute approximate surface area is 239 Å². The summed E-state index contributed by atoms with van der Waals surface area (Å²) in [5, 5.41) is 1.62. The summed E-state index contributed by atoms with van der Waals surface area (Å²) in [4.78, 5) is 0. The molecular weight excluding hydrogens is 569 g/mol. The van der Waals surface area contributed by atoms with E-state index in [9.17, 15) is 16.8 Å². The molecule has 2 atom stereocenters. The standard InChI is InChI=1S/C29H38O8S2Si/c1-29(2,3)40(25-17-11-7-12-18-25,26-19-13-8-14-20-26)36-23-28(37-39(5,32)33)27(22-35-38(4,30)31)34-21-24-15-9-6-10-16-24/h6-20,27-28H,21-23H2,1-5H3. The molecule has 2 unspecified atom stereocenters. The Hall–Kier alpha value is -2.38. The zero-order chi connectivity index (χ0) is 29.4. The van der Waals surface area contributed by atoms with Crippen LogP contribution in [0.1, 0.15) is 26.3 Å². The van der Waals surface area contributed by atoms with E-state index in [-0.39, 0.29) is 18.3 Å². The molecule has 0 bridgehead atoms. The quantitative estimate of drug-likeness (QED) is 0.203. The van der Waals surface area contributed by atoms with Crippen molar-refractivity contribution in [3.05, 3.63) is 96.6 Å². The van der Waals surface area contributed by atoms with E-state index < -0.39 is 47.4 Å². The average Bonchev–Trinajstić information content (AvgIpc) is 2.88. The maximum Gasteiger partial charge on any atom is 0.264 e. The fourth-order valence-corrected chi connectivity index (χ4v) is 10.2. The molecule has 11 heteroatoms. The lowest BCUT2D eigenvalue weighted by Crippen LogP contribution is -2.67. The molecule has 40 heavy (non-hydrogen) atoms. The molecule has 0 amide bonds. The fraction of sp³-hybridized carbons (Fsp3) is 0.379. The van der Waals surface area contributed by atoms with E-state index in [1.165, 1.54) is 0 Å². The van der Waals surface area contributed by atoms with Crippen LogP contribution in [0.5, 0.6) is 0 Å². The third-order valence-electron chi connectivity index (χ3n) is 6.35. The van der Waals surface area contributed by atoms with Crippen LogP contribution in [0.15, 0.2) is 91.0 Å². The highest BCUT2D eigenvalue weighted by Crippen LogP contribution is 2.37. The predicted molar refractivity (Wildman–Crippen MR) is 159 cm³/mol. The number of ether oxygens (including phenoxy) is 1. The molecule has 3 rings (SSSR count). The summed E-state index contributed by atoms with van der Waals surface area (Å²) in [6.07, 6.45) is -0.411. The normalized spacial score (nSPS) is 14.5. The molecule has 0 radical (unpaired) electrons. The Morgan fingerprint density at radius 1 is 0.675 bits per heavy atom. The summed E-state index contributed by atoms with van der Waals surface area (Å²) in [5.41, 5.74) is 0.817. The maximum atomic E-state index is 12.4. The first-order valence-corrected chi connectivity index (χ1v) is 18.4. The van der Waals surface area contributed by atoms with E-state index in [0.29, 0.717) is 0 Å². The van der Waals surface area contributed by atoms with Crippen molar-refractivity contribution in [1.82, 2.24) is 0 Å². The second-order valence-electron chi connectivity index (χ2n) is 10.6. The lowest BCUT2D eigenvalue weighted by Gasteiger charge is -2.44. The van der Waals surface area contributed by atoms with Crippen LogP contribution in [-0.2, 0) is 44.4 Å². The van der Waals surface area contributed by atoms with Gasteiger partial charge >= 0.3 is 0 Å². The number of rotatable bonds is 14. The number of hydrogen-bond donors (Lipinski definition) is 0. The van der Waals surface area contributed by atoms with Gasteiger partial charge in [0, 0.05) is 0 Å². The van der Waals surface area contributed by atoms with E-state index >= 15 is 0 Å². The first-order chi connectivity index (χ1) is 18.7. The van der Waals surface area contributed by atoms with Crippen molar-refractivity contribution in [1.29, 1.82) is 0 Å². The van der Waals surface area contributed by atoms with Crippen molar-refractivity contribution in [3.8, 4) is 0 Å². The number of hydrogen-bond acceptors (Lipinski definition) is 8. The van der Waals surface area contributed by atoms with Crippen molar-refractivity contribution in [2.45, 2.75) is 44.6 Å². The van der Waals surface area contributed by atoms with E-state index in [2.05, 4.69) is 20.8 Å². The molecule has 0 fully saturated rings. The zero-order valence-electron chi connectivity index (χ0n) is 23.5.